The van der Waals surface area contributed by atoms with Crippen molar-refractivity contribution in [3.63, 3.8) is 0 Å². The third-order valence-electron chi connectivity index (χ3n) is 4.61. The molecule has 1 fully saturated rings. The third kappa shape index (κ3) is 3.07. The van der Waals surface area contributed by atoms with Crippen molar-refractivity contribution in [3.8, 4) is 5.75 Å². The molecule has 0 atom stereocenters. The number of carbonyl (C=O) groups excluding carboxylic acids is 1. The number of fused-ring (bicyclic) bond motifs is 1. The van der Waals surface area contributed by atoms with Crippen molar-refractivity contribution in [1.82, 2.24) is 9.88 Å². The Balaban J connectivity index is 1.44. The number of hydrogen-bond donors (Lipinski definition) is 0. The summed E-state index contributed by atoms with van der Waals surface area (Å²) in [6.07, 6.45) is 2.77. The number of likely N-dealkylation sites (tertiary alicyclic amines) is 1. The molecule has 0 spiro atoms. The fraction of sp³-hybridized carbons (Fsp3) is 0.238. The van der Waals surface area contributed by atoms with Gasteiger partial charge >= 0.3 is 0 Å². The van der Waals surface area contributed by atoms with Crippen molar-refractivity contribution in [1.29, 1.82) is 0 Å². The van der Waals surface area contributed by atoms with Crippen LogP contribution in [-0.4, -0.2) is 35.0 Å². The lowest BCUT2D eigenvalue weighted by molar-refractivity contribution is 0.0179. The van der Waals surface area contributed by atoms with Crippen molar-refractivity contribution < 1.29 is 9.53 Å². The van der Waals surface area contributed by atoms with E-state index in [1.807, 2.05) is 47.4 Å². The predicted molar refractivity (Wildman–Crippen MR) is 97.9 cm³/mol. The molecular weight excluding hydrogens is 312 g/mol. The Hall–Kier alpha value is -2.88. The molecule has 1 aliphatic rings. The maximum Gasteiger partial charge on any atom is 0.256 e. The summed E-state index contributed by atoms with van der Waals surface area (Å²) >= 11 is 0. The van der Waals surface area contributed by atoms with Gasteiger partial charge < -0.3 is 9.64 Å². The van der Waals surface area contributed by atoms with Gasteiger partial charge in [-0.25, -0.2) is 0 Å². The van der Waals surface area contributed by atoms with Crippen molar-refractivity contribution in [2.75, 3.05) is 13.1 Å². The number of aromatic nitrogens is 1. The molecule has 4 nitrogen and oxygen atoms in total. The van der Waals surface area contributed by atoms with Crippen molar-refractivity contribution in [2.45, 2.75) is 19.4 Å². The minimum Gasteiger partial charge on any atom is -0.487 e. The average Bonchev–Trinajstić information content (AvgIpc) is 2.63. The van der Waals surface area contributed by atoms with E-state index in [2.05, 4.69) is 24.0 Å². The molecule has 25 heavy (non-hydrogen) atoms. The van der Waals surface area contributed by atoms with Crippen LogP contribution >= 0.6 is 0 Å². The number of carbonyl (C=O) groups is 1. The van der Waals surface area contributed by atoms with Crippen LogP contribution in [0.2, 0.25) is 0 Å². The largest absolute Gasteiger partial charge is 0.487 e. The Morgan fingerprint density at radius 3 is 2.80 bits per heavy atom. The van der Waals surface area contributed by atoms with Crippen LogP contribution in [0, 0.1) is 0 Å². The monoisotopic (exact) mass is 332 g/mol. The van der Waals surface area contributed by atoms with E-state index >= 15 is 0 Å². The Labute approximate surface area is 147 Å². The zero-order valence-electron chi connectivity index (χ0n) is 14.2. The molecule has 0 N–H and O–H groups in total. The Morgan fingerprint density at radius 2 is 1.96 bits per heavy atom. The molecule has 4 rings (SSSR count). The summed E-state index contributed by atoms with van der Waals surface area (Å²) in [5.41, 5.74) is 2.67. The first-order chi connectivity index (χ1) is 12.2. The van der Waals surface area contributed by atoms with E-state index in [4.69, 9.17) is 4.74 Å². The first-order valence-corrected chi connectivity index (χ1v) is 8.63. The van der Waals surface area contributed by atoms with Crippen molar-refractivity contribution in [3.05, 3.63) is 71.9 Å². The van der Waals surface area contributed by atoms with Gasteiger partial charge in [0.05, 0.1) is 24.2 Å². The molecule has 2 aromatic carbocycles. The number of benzene rings is 2. The second-order valence-electron chi connectivity index (χ2n) is 6.33. The third-order valence-corrected chi connectivity index (χ3v) is 4.61. The lowest BCUT2D eigenvalue weighted by Crippen LogP contribution is -2.56. The highest BCUT2D eigenvalue weighted by atomic mass is 16.5. The van der Waals surface area contributed by atoms with Crippen LogP contribution in [0.3, 0.4) is 0 Å². The number of nitrogens with zero attached hydrogens (tertiary/aromatic N) is 2. The summed E-state index contributed by atoms with van der Waals surface area (Å²) in [5, 5.41) is 0.984. The standard InChI is InChI=1S/C21H20N2O2/c1-2-15-6-3-9-17(12-15)25-18-13-23(14-18)21(24)19-10-4-7-16-8-5-11-22-20(16)19/h3-12,18H,2,13-14H2,1H3. The highest BCUT2D eigenvalue weighted by Gasteiger charge is 2.33. The van der Waals surface area contributed by atoms with E-state index in [1.165, 1.54) is 5.56 Å². The van der Waals surface area contributed by atoms with E-state index in [1.54, 1.807) is 6.20 Å². The molecule has 2 heterocycles. The van der Waals surface area contributed by atoms with E-state index in [-0.39, 0.29) is 12.0 Å². The summed E-state index contributed by atoms with van der Waals surface area (Å²) in [6, 6.07) is 17.7. The summed E-state index contributed by atoms with van der Waals surface area (Å²) < 4.78 is 5.99. The number of ether oxygens (including phenoxy) is 1. The minimum absolute atomic E-state index is 0.0199. The van der Waals surface area contributed by atoms with E-state index in [0.29, 0.717) is 18.7 Å². The Bertz CT molecular complexity index is 911. The van der Waals surface area contributed by atoms with Gasteiger partial charge in [0, 0.05) is 11.6 Å². The molecule has 0 bridgehead atoms. The fourth-order valence-corrected chi connectivity index (χ4v) is 3.16. The van der Waals surface area contributed by atoms with Crippen LogP contribution in [-0.2, 0) is 6.42 Å². The zero-order chi connectivity index (χ0) is 17.2. The first-order valence-electron chi connectivity index (χ1n) is 8.63. The van der Waals surface area contributed by atoms with Gasteiger partial charge in [0.25, 0.3) is 5.91 Å². The second-order valence-corrected chi connectivity index (χ2v) is 6.33. The number of hydrogen-bond acceptors (Lipinski definition) is 3. The van der Waals surface area contributed by atoms with E-state index in [9.17, 15) is 4.79 Å². The molecule has 1 aliphatic heterocycles. The normalized spacial score (nSPS) is 14.4. The lowest BCUT2D eigenvalue weighted by Gasteiger charge is -2.39. The van der Waals surface area contributed by atoms with Crippen LogP contribution < -0.4 is 4.74 Å². The Kier molecular flexibility index (Phi) is 4.10. The van der Waals surface area contributed by atoms with Gasteiger partial charge in [0.2, 0.25) is 0 Å². The molecule has 0 saturated carbocycles. The van der Waals surface area contributed by atoms with Gasteiger partial charge in [-0.15, -0.1) is 0 Å². The smallest absolute Gasteiger partial charge is 0.256 e. The van der Waals surface area contributed by atoms with Gasteiger partial charge in [0.1, 0.15) is 11.9 Å². The predicted octanol–water partition coefficient (Wildman–Crippen LogP) is 3.70. The number of rotatable bonds is 4. The highest BCUT2D eigenvalue weighted by molar-refractivity contribution is 6.05. The zero-order valence-corrected chi connectivity index (χ0v) is 14.2. The quantitative estimate of drug-likeness (QED) is 0.731. The summed E-state index contributed by atoms with van der Waals surface area (Å²) in [6.45, 7) is 3.35. The Morgan fingerprint density at radius 1 is 1.16 bits per heavy atom. The second kappa shape index (κ2) is 6.55. The topological polar surface area (TPSA) is 42.4 Å². The number of para-hydroxylation sites is 1. The fourth-order valence-electron chi connectivity index (χ4n) is 3.16. The van der Waals surface area contributed by atoms with Gasteiger partial charge in [-0.1, -0.05) is 37.3 Å². The number of aryl methyl sites for hydroxylation is 1. The van der Waals surface area contributed by atoms with Crippen molar-refractivity contribution in [2.24, 2.45) is 0 Å². The van der Waals surface area contributed by atoms with E-state index < -0.39 is 0 Å². The number of pyridine rings is 1. The van der Waals surface area contributed by atoms with Gasteiger partial charge in [-0.3, -0.25) is 9.78 Å². The molecule has 126 valence electrons. The van der Waals surface area contributed by atoms with Crippen LogP contribution in [0.15, 0.2) is 60.8 Å². The molecule has 4 heteroatoms. The molecule has 1 amide bonds. The molecule has 0 unspecified atom stereocenters. The first kappa shape index (κ1) is 15.6. The minimum atomic E-state index is 0.0199. The SMILES string of the molecule is CCc1cccc(OC2CN(C(=O)c3cccc4cccnc34)C2)c1. The van der Waals surface area contributed by atoms with Crippen LogP contribution in [0.1, 0.15) is 22.8 Å². The molecule has 0 aliphatic carbocycles. The molecule has 0 radical (unpaired) electrons. The van der Waals surface area contributed by atoms with Gasteiger partial charge in [0.15, 0.2) is 0 Å². The van der Waals surface area contributed by atoms with Crippen LogP contribution in [0.5, 0.6) is 5.75 Å². The number of amides is 1. The van der Waals surface area contributed by atoms with E-state index in [0.717, 1.165) is 23.1 Å². The van der Waals surface area contributed by atoms with Crippen LogP contribution in [0.4, 0.5) is 0 Å². The van der Waals surface area contributed by atoms with Crippen molar-refractivity contribution >= 4 is 16.8 Å². The maximum atomic E-state index is 12.8. The molecule has 1 saturated heterocycles. The summed E-state index contributed by atoms with van der Waals surface area (Å²) in [5.74, 6) is 0.898. The molecule has 1 aromatic heterocycles. The maximum absolute atomic E-state index is 12.8. The lowest BCUT2D eigenvalue weighted by atomic mass is 10.1. The summed E-state index contributed by atoms with van der Waals surface area (Å²) in [7, 11) is 0. The molecule has 3 aromatic rings. The summed E-state index contributed by atoms with van der Waals surface area (Å²) in [4.78, 5) is 19.0. The van der Waals surface area contributed by atoms with Crippen LogP contribution in [0.25, 0.3) is 10.9 Å². The van der Waals surface area contributed by atoms with Gasteiger partial charge in [-0.05, 0) is 36.2 Å². The molecular formula is C21H20N2O2. The highest BCUT2D eigenvalue weighted by Crippen LogP contribution is 2.23. The van der Waals surface area contributed by atoms with Gasteiger partial charge in [-0.2, -0.15) is 0 Å². The average molecular weight is 332 g/mol.